The molecule has 0 radical (unpaired) electrons. The molecule has 7 heteroatoms. The van der Waals surface area contributed by atoms with Crippen LogP contribution < -0.4 is 21.5 Å². The number of hydrogen-bond donors (Lipinski definition) is 3. The molecule has 0 unspecified atom stereocenters. The van der Waals surface area contributed by atoms with Crippen molar-refractivity contribution in [3.63, 3.8) is 0 Å². The zero-order chi connectivity index (χ0) is 13.6. The number of H-pyrrole nitrogens is 1. The lowest BCUT2D eigenvalue weighted by molar-refractivity contribution is 0.854. The van der Waals surface area contributed by atoms with Crippen molar-refractivity contribution in [1.82, 2.24) is 9.97 Å². The molecule has 0 aromatic carbocycles. The zero-order valence-corrected chi connectivity index (χ0v) is 11.6. The Morgan fingerprint density at radius 2 is 2.32 bits per heavy atom. The molecule has 0 bridgehead atoms. The lowest BCUT2D eigenvalue weighted by atomic mass is 10.2. The Kier molecular flexibility index (Phi) is 2.70. The van der Waals surface area contributed by atoms with Gasteiger partial charge in [0.1, 0.15) is 5.69 Å². The summed E-state index contributed by atoms with van der Waals surface area (Å²) >= 11 is 1.78. The summed E-state index contributed by atoms with van der Waals surface area (Å²) in [4.78, 5) is 23.1. The van der Waals surface area contributed by atoms with Gasteiger partial charge in [-0.1, -0.05) is 0 Å². The number of thiophene rings is 1. The van der Waals surface area contributed by atoms with Gasteiger partial charge in [0.15, 0.2) is 5.82 Å². The summed E-state index contributed by atoms with van der Waals surface area (Å²) in [5.74, 6) is 0.778. The van der Waals surface area contributed by atoms with Gasteiger partial charge in [-0.2, -0.15) is 4.98 Å². The third-order valence-electron chi connectivity index (χ3n) is 3.17. The zero-order valence-electron chi connectivity index (χ0n) is 10.8. The first-order valence-corrected chi connectivity index (χ1v) is 6.81. The van der Waals surface area contributed by atoms with Crippen LogP contribution in [-0.2, 0) is 6.54 Å². The average Bonchev–Trinajstić information content (AvgIpc) is 2.84. The molecule has 0 aliphatic carbocycles. The number of nitrogens with two attached hydrogens (primary N) is 1. The highest BCUT2D eigenvalue weighted by Crippen LogP contribution is 2.29. The Labute approximate surface area is 114 Å². The average molecular weight is 277 g/mol. The van der Waals surface area contributed by atoms with Gasteiger partial charge in [0.2, 0.25) is 5.95 Å². The SMILES string of the molecule is Cc1cc(CN2CNc3c2nc(N)[nH]c3=O)c(C)s1. The van der Waals surface area contributed by atoms with Crippen molar-refractivity contribution in [2.45, 2.75) is 20.4 Å². The summed E-state index contributed by atoms with van der Waals surface area (Å²) in [7, 11) is 0. The van der Waals surface area contributed by atoms with E-state index in [2.05, 4.69) is 35.2 Å². The third kappa shape index (κ3) is 2.06. The number of aryl methyl sites for hydroxylation is 2. The van der Waals surface area contributed by atoms with Gasteiger partial charge in [-0.05, 0) is 25.5 Å². The maximum atomic E-state index is 11.7. The number of nitrogens with one attached hydrogen (secondary N) is 2. The normalized spacial score (nSPS) is 13.5. The lowest BCUT2D eigenvalue weighted by Gasteiger charge is -2.16. The fraction of sp³-hybridized carbons (Fsp3) is 0.333. The molecule has 2 aromatic rings. The molecule has 0 saturated carbocycles. The second kappa shape index (κ2) is 4.27. The quantitative estimate of drug-likeness (QED) is 0.773. The van der Waals surface area contributed by atoms with Gasteiger partial charge >= 0.3 is 0 Å². The second-order valence-corrected chi connectivity index (χ2v) is 6.08. The largest absolute Gasteiger partial charge is 0.369 e. The highest BCUT2D eigenvalue weighted by atomic mass is 32.1. The van der Waals surface area contributed by atoms with Gasteiger partial charge in [-0.15, -0.1) is 11.3 Å². The van der Waals surface area contributed by atoms with Crippen LogP contribution in [0.4, 0.5) is 17.5 Å². The molecular formula is C12H15N5OS. The van der Waals surface area contributed by atoms with Crippen LogP contribution in [0.2, 0.25) is 0 Å². The Balaban J connectivity index is 1.95. The first-order valence-electron chi connectivity index (χ1n) is 5.99. The molecule has 2 aromatic heterocycles. The molecule has 1 aliphatic heterocycles. The van der Waals surface area contributed by atoms with Gasteiger partial charge in [0, 0.05) is 16.3 Å². The van der Waals surface area contributed by atoms with E-state index in [1.807, 2.05) is 4.90 Å². The molecular weight excluding hydrogens is 262 g/mol. The molecule has 1 aliphatic rings. The number of aromatic nitrogens is 2. The minimum absolute atomic E-state index is 0.149. The fourth-order valence-electron chi connectivity index (χ4n) is 2.29. The van der Waals surface area contributed by atoms with Gasteiger partial charge in [0.25, 0.3) is 5.56 Å². The third-order valence-corrected chi connectivity index (χ3v) is 4.18. The lowest BCUT2D eigenvalue weighted by Crippen LogP contribution is -2.23. The van der Waals surface area contributed by atoms with Gasteiger partial charge in [-0.25, -0.2) is 0 Å². The molecule has 19 heavy (non-hydrogen) atoms. The summed E-state index contributed by atoms with van der Waals surface area (Å²) in [5, 5.41) is 3.06. The Hall–Kier alpha value is -2.02. The molecule has 4 N–H and O–H groups in total. The van der Waals surface area contributed by atoms with Crippen molar-refractivity contribution < 1.29 is 0 Å². The van der Waals surface area contributed by atoms with E-state index in [9.17, 15) is 4.79 Å². The fourth-order valence-corrected chi connectivity index (χ4v) is 3.23. The number of fused-ring (bicyclic) bond motifs is 1. The predicted octanol–water partition coefficient (Wildman–Crippen LogP) is 1.42. The molecule has 0 saturated heterocycles. The maximum Gasteiger partial charge on any atom is 0.277 e. The molecule has 100 valence electrons. The molecule has 3 rings (SSSR count). The molecule has 0 spiro atoms. The molecule has 0 atom stereocenters. The minimum atomic E-state index is -0.219. The van der Waals surface area contributed by atoms with Crippen LogP contribution in [0.1, 0.15) is 15.3 Å². The van der Waals surface area contributed by atoms with E-state index in [-0.39, 0.29) is 11.5 Å². The summed E-state index contributed by atoms with van der Waals surface area (Å²) < 4.78 is 0. The predicted molar refractivity (Wildman–Crippen MR) is 77.7 cm³/mol. The van der Waals surface area contributed by atoms with E-state index in [4.69, 9.17) is 5.73 Å². The van der Waals surface area contributed by atoms with Crippen LogP contribution >= 0.6 is 11.3 Å². The highest BCUT2D eigenvalue weighted by molar-refractivity contribution is 7.12. The number of rotatable bonds is 2. The topological polar surface area (TPSA) is 87.0 Å². The van der Waals surface area contributed by atoms with Crippen molar-refractivity contribution in [1.29, 1.82) is 0 Å². The first kappa shape index (κ1) is 12.0. The van der Waals surface area contributed by atoms with Crippen LogP contribution in [0.15, 0.2) is 10.9 Å². The van der Waals surface area contributed by atoms with Crippen molar-refractivity contribution >= 4 is 28.8 Å². The monoisotopic (exact) mass is 277 g/mol. The Morgan fingerprint density at radius 3 is 3.00 bits per heavy atom. The molecule has 0 amide bonds. The van der Waals surface area contributed by atoms with Crippen LogP contribution in [0, 0.1) is 13.8 Å². The molecule has 0 fully saturated rings. The van der Waals surface area contributed by atoms with Crippen LogP contribution in [-0.4, -0.2) is 16.6 Å². The van der Waals surface area contributed by atoms with E-state index in [1.54, 1.807) is 11.3 Å². The van der Waals surface area contributed by atoms with Gasteiger partial charge in [-0.3, -0.25) is 9.78 Å². The Bertz CT molecular complexity index is 690. The molecule has 3 heterocycles. The standard InChI is InChI=1S/C12H15N5OS/c1-6-3-8(7(2)19-6)4-17-5-14-9-10(17)15-12(13)16-11(9)18/h3,14H,4-5H2,1-2H3,(H3,13,15,16,18). The summed E-state index contributed by atoms with van der Waals surface area (Å²) in [5.41, 5.74) is 7.14. The van der Waals surface area contributed by atoms with Crippen molar-refractivity contribution in [2.75, 3.05) is 22.6 Å². The summed E-state index contributed by atoms with van der Waals surface area (Å²) in [6.07, 6.45) is 0. The number of hydrogen-bond acceptors (Lipinski definition) is 6. The minimum Gasteiger partial charge on any atom is -0.369 e. The highest BCUT2D eigenvalue weighted by Gasteiger charge is 2.24. The van der Waals surface area contributed by atoms with Crippen molar-refractivity contribution in [3.05, 3.63) is 31.7 Å². The van der Waals surface area contributed by atoms with Crippen molar-refractivity contribution in [3.8, 4) is 0 Å². The van der Waals surface area contributed by atoms with E-state index in [0.717, 1.165) is 6.54 Å². The smallest absolute Gasteiger partial charge is 0.277 e. The number of aromatic amines is 1. The second-order valence-electron chi connectivity index (χ2n) is 4.62. The summed E-state index contributed by atoms with van der Waals surface area (Å²) in [6.45, 7) is 5.50. The van der Waals surface area contributed by atoms with Crippen LogP contribution in [0.25, 0.3) is 0 Å². The van der Waals surface area contributed by atoms with Gasteiger partial charge < -0.3 is 16.0 Å². The maximum absolute atomic E-state index is 11.7. The first-order chi connectivity index (χ1) is 9.04. The number of anilines is 3. The Morgan fingerprint density at radius 1 is 1.53 bits per heavy atom. The number of nitrogens with zero attached hydrogens (tertiary/aromatic N) is 2. The van der Waals surface area contributed by atoms with E-state index >= 15 is 0 Å². The van der Waals surface area contributed by atoms with E-state index in [0.29, 0.717) is 18.2 Å². The van der Waals surface area contributed by atoms with Crippen LogP contribution in [0.5, 0.6) is 0 Å². The van der Waals surface area contributed by atoms with Gasteiger partial charge in [0.05, 0.1) is 6.67 Å². The summed E-state index contributed by atoms with van der Waals surface area (Å²) in [6, 6.07) is 2.18. The van der Waals surface area contributed by atoms with Crippen molar-refractivity contribution in [2.24, 2.45) is 0 Å². The van der Waals surface area contributed by atoms with E-state index in [1.165, 1.54) is 15.3 Å². The van der Waals surface area contributed by atoms with Crippen LogP contribution in [0.3, 0.4) is 0 Å². The number of nitrogen functional groups attached to an aromatic ring is 1. The van der Waals surface area contributed by atoms with E-state index < -0.39 is 0 Å². The molecule has 6 nitrogen and oxygen atoms in total.